The summed E-state index contributed by atoms with van der Waals surface area (Å²) in [5.41, 5.74) is 6.44. The topological polar surface area (TPSA) is 73.5 Å². The van der Waals surface area contributed by atoms with E-state index in [0.717, 1.165) is 0 Å². The van der Waals surface area contributed by atoms with Gasteiger partial charge in [-0.3, -0.25) is 0 Å². The number of rotatable bonds is 4. The molecular formula is C8H10N2O2. The van der Waals surface area contributed by atoms with Crippen LogP contribution in [-0.4, -0.2) is 11.1 Å². The van der Waals surface area contributed by atoms with E-state index >= 15 is 0 Å². The maximum atomic E-state index is 10.5. The van der Waals surface area contributed by atoms with Gasteiger partial charge in [-0.05, 0) is 13.0 Å². The van der Waals surface area contributed by atoms with Crippen molar-refractivity contribution in [3.63, 3.8) is 0 Å². The van der Waals surface area contributed by atoms with Gasteiger partial charge in [-0.2, -0.15) is 5.11 Å². The largest absolute Gasteiger partial charge is 0.478 e. The van der Waals surface area contributed by atoms with E-state index in [1.54, 1.807) is 19.1 Å². The van der Waals surface area contributed by atoms with Crippen molar-refractivity contribution >= 4 is 5.97 Å². The van der Waals surface area contributed by atoms with Crippen LogP contribution in [0.2, 0.25) is 0 Å². The average molecular weight is 166 g/mol. The van der Waals surface area contributed by atoms with Crippen molar-refractivity contribution in [2.45, 2.75) is 6.92 Å². The second-order valence-corrected chi connectivity index (χ2v) is 1.97. The Balaban J connectivity index is 4.78. The molecule has 0 aromatic heterocycles. The Labute approximate surface area is 70.4 Å². The van der Waals surface area contributed by atoms with Crippen LogP contribution in [-0.2, 0) is 4.79 Å². The Bertz CT molecular complexity index is 264. The van der Waals surface area contributed by atoms with E-state index in [0.29, 0.717) is 0 Å². The van der Waals surface area contributed by atoms with Crippen molar-refractivity contribution in [2.75, 3.05) is 0 Å². The van der Waals surface area contributed by atoms with Gasteiger partial charge in [0.05, 0.1) is 11.3 Å². The Hall–Kier alpha value is -1.71. The summed E-state index contributed by atoms with van der Waals surface area (Å²) in [7, 11) is 0. The molecule has 0 aliphatic rings. The SMILES string of the molecule is C=C(N=N)/C(=C\C=C/C)C(=O)O. The summed E-state index contributed by atoms with van der Waals surface area (Å²) in [4.78, 5) is 10.5. The molecule has 0 aliphatic heterocycles. The van der Waals surface area contributed by atoms with Crippen molar-refractivity contribution < 1.29 is 9.90 Å². The molecule has 0 saturated carbocycles. The van der Waals surface area contributed by atoms with E-state index < -0.39 is 5.97 Å². The molecule has 4 heteroatoms. The van der Waals surface area contributed by atoms with Crippen molar-refractivity contribution in [3.8, 4) is 0 Å². The Morgan fingerprint density at radius 2 is 2.25 bits per heavy atom. The molecule has 0 amide bonds. The molecule has 0 bridgehead atoms. The standard InChI is InChI=1S/C8H10N2O2/c1-3-4-5-7(8(11)12)6(2)10-9/h3-5,9H,2H2,1H3,(H,11,12)/b4-3-,7-5+,10-9?. The molecule has 0 saturated heterocycles. The number of nitrogens with zero attached hydrogens (tertiary/aromatic N) is 1. The van der Waals surface area contributed by atoms with Crippen LogP contribution in [0.3, 0.4) is 0 Å². The molecule has 0 aliphatic carbocycles. The summed E-state index contributed by atoms with van der Waals surface area (Å²) < 4.78 is 0. The summed E-state index contributed by atoms with van der Waals surface area (Å²) in [5, 5.41) is 11.5. The number of allylic oxidation sites excluding steroid dienone is 3. The van der Waals surface area contributed by atoms with Crippen LogP contribution in [0.5, 0.6) is 0 Å². The first-order valence-corrected chi connectivity index (χ1v) is 3.26. The summed E-state index contributed by atoms with van der Waals surface area (Å²) in [6.45, 7) is 5.07. The molecule has 2 N–H and O–H groups in total. The van der Waals surface area contributed by atoms with Crippen LogP contribution < -0.4 is 0 Å². The maximum absolute atomic E-state index is 10.5. The van der Waals surface area contributed by atoms with Gasteiger partial charge in [0.2, 0.25) is 0 Å². The summed E-state index contributed by atoms with van der Waals surface area (Å²) >= 11 is 0. The molecule has 12 heavy (non-hydrogen) atoms. The van der Waals surface area contributed by atoms with Gasteiger partial charge in [-0.15, -0.1) is 0 Å². The van der Waals surface area contributed by atoms with Crippen molar-refractivity contribution in [2.24, 2.45) is 5.11 Å². The van der Waals surface area contributed by atoms with Gasteiger partial charge in [0.1, 0.15) is 0 Å². The number of carboxylic acids is 1. The monoisotopic (exact) mass is 166 g/mol. The molecule has 0 rings (SSSR count). The molecule has 0 atom stereocenters. The molecular weight excluding hydrogens is 156 g/mol. The van der Waals surface area contributed by atoms with Crippen molar-refractivity contribution in [1.29, 1.82) is 5.53 Å². The van der Waals surface area contributed by atoms with E-state index in [9.17, 15) is 4.79 Å². The highest BCUT2D eigenvalue weighted by atomic mass is 16.4. The van der Waals surface area contributed by atoms with Crippen molar-refractivity contribution in [1.82, 2.24) is 0 Å². The molecule has 0 heterocycles. The molecule has 0 aromatic carbocycles. The van der Waals surface area contributed by atoms with Crippen LogP contribution in [0, 0.1) is 5.53 Å². The fraction of sp³-hybridized carbons (Fsp3) is 0.125. The van der Waals surface area contributed by atoms with Crippen LogP contribution in [0.1, 0.15) is 6.92 Å². The third-order valence-electron chi connectivity index (χ3n) is 1.13. The summed E-state index contributed by atoms with van der Waals surface area (Å²) in [5.74, 6) is -1.13. The average Bonchev–Trinajstić information content (AvgIpc) is 2.04. The zero-order valence-corrected chi connectivity index (χ0v) is 6.74. The third kappa shape index (κ3) is 2.92. The smallest absolute Gasteiger partial charge is 0.337 e. The van der Waals surface area contributed by atoms with Gasteiger partial charge in [0, 0.05) is 0 Å². The van der Waals surface area contributed by atoms with E-state index in [2.05, 4.69) is 11.7 Å². The van der Waals surface area contributed by atoms with Gasteiger partial charge in [0.15, 0.2) is 0 Å². The zero-order chi connectivity index (χ0) is 9.56. The van der Waals surface area contributed by atoms with Crippen LogP contribution in [0.4, 0.5) is 0 Å². The maximum Gasteiger partial charge on any atom is 0.337 e. The normalized spacial score (nSPS) is 11.6. The number of nitrogens with one attached hydrogen (secondary N) is 1. The lowest BCUT2D eigenvalue weighted by molar-refractivity contribution is -0.132. The second kappa shape index (κ2) is 5.01. The molecule has 4 nitrogen and oxygen atoms in total. The molecule has 0 radical (unpaired) electrons. The Kier molecular flexibility index (Phi) is 4.30. The number of hydrogen-bond acceptors (Lipinski definition) is 3. The first kappa shape index (κ1) is 10.3. The highest BCUT2D eigenvalue weighted by Gasteiger charge is 2.08. The molecule has 64 valence electrons. The summed E-state index contributed by atoms with van der Waals surface area (Å²) in [6, 6.07) is 0. The Morgan fingerprint density at radius 1 is 1.67 bits per heavy atom. The minimum atomic E-state index is -1.13. The number of carbonyl (C=O) groups is 1. The molecule has 0 aromatic rings. The number of hydrogen-bond donors (Lipinski definition) is 2. The zero-order valence-electron chi connectivity index (χ0n) is 6.74. The van der Waals surface area contributed by atoms with E-state index in [4.69, 9.17) is 10.6 Å². The van der Waals surface area contributed by atoms with Gasteiger partial charge in [-0.25, -0.2) is 10.3 Å². The van der Waals surface area contributed by atoms with E-state index in [1.165, 1.54) is 6.08 Å². The van der Waals surface area contributed by atoms with Crippen LogP contribution in [0.15, 0.2) is 41.2 Å². The lowest BCUT2D eigenvalue weighted by Crippen LogP contribution is -2.00. The first-order valence-electron chi connectivity index (χ1n) is 3.26. The highest BCUT2D eigenvalue weighted by molar-refractivity contribution is 5.91. The predicted octanol–water partition coefficient (Wildman–Crippen LogP) is 2.12. The lowest BCUT2D eigenvalue weighted by atomic mass is 10.2. The first-order chi connectivity index (χ1) is 5.63. The van der Waals surface area contributed by atoms with Gasteiger partial charge in [0.25, 0.3) is 0 Å². The molecule has 0 unspecified atom stereocenters. The van der Waals surface area contributed by atoms with Crippen molar-refractivity contribution in [3.05, 3.63) is 36.1 Å². The van der Waals surface area contributed by atoms with Gasteiger partial charge in [-0.1, -0.05) is 18.7 Å². The van der Waals surface area contributed by atoms with E-state index in [-0.39, 0.29) is 11.3 Å². The fourth-order valence-electron chi connectivity index (χ4n) is 0.544. The minimum Gasteiger partial charge on any atom is -0.478 e. The number of aliphatic carboxylic acids is 1. The van der Waals surface area contributed by atoms with Crippen LogP contribution >= 0.6 is 0 Å². The Morgan fingerprint density at radius 3 is 2.58 bits per heavy atom. The fourth-order valence-corrected chi connectivity index (χ4v) is 0.544. The number of carboxylic acid groups (broad SMARTS) is 1. The van der Waals surface area contributed by atoms with Gasteiger partial charge < -0.3 is 5.11 Å². The second-order valence-electron chi connectivity index (χ2n) is 1.97. The molecule has 0 spiro atoms. The van der Waals surface area contributed by atoms with Gasteiger partial charge >= 0.3 is 5.97 Å². The van der Waals surface area contributed by atoms with Crippen LogP contribution in [0.25, 0.3) is 0 Å². The summed E-state index contributed by atoms with van der Waals surface area (Å²) in [6.07, 6.45) is 4.59. The molecule has 0 fully saturated rings. The highest BCUT2D eigenvalue weighted by Crippen LogP contribution is 2.08. The minimum absolute atomic E-state index is 0.0550. The predicted molar refractivity (Wildman–Crippen MR) is 44.8 cm³/mol. The lowest BCUT2D eigenvalue weighted by Gasteiger charge is -1.96. The third-order valence-corrected chi connectivity index (χ3v) is 1.13. The quantitative estimate of drug-likeness (QED) is 0.381. The van der Waals surface area contributed by atoms with E-state index in [1.807, 2.05) is 0 Å².